The molecule has 0 saturated carbocycles. The summed E-state index contributed by atoms with van der Waals surface area (Å²) in [5, 5.41) is 0. The summed E-state index contributed by atoms with van der Waals surface area (Å²) in [4.78, 5) is 19.1. The number of benzene rings is 1. The van der Waals surface area contributed by atoms with Gasteiger partial charge in [0.1, 0.15) is 17.7 Å². The van der Waals surface area contributed by atoms with E-state index in [1.807, 2.05) is 37.3 Å². The van der Waals surface area contributed by atoms with Crippen molar-refractivity contribution < 1.29 is 0 Å². The van der Waals surface area contributed by atoms with Gasteiger partial charge in [0.2, 0.25) is 0 Å². The molecular formula is C19H18N6. The van der Waals surface area contributed by atoms with Gasteiger partial charge in [0, 0.05) is 43.8 Å². The predicted molar refractivity (Wildman–Crippen MR) is 98.8 cm³/mol. The lowest BCUT2D eigenvalue weighted by atomic mass is 10.0. The molecule has 0 amide bonds. The molecule has 0 aliphatic carbocycles. The number of aryl methyl sites for hydroxylation is 2. The topological polar surface area (TPSA) is 59.7 Å². The molecule has 3 heterocycles. The molecule has 25 heavy (non-hydrogen) atoms. The van der Waals surface area contributed by atoms with Crippen molar-refractivity contribution in [3.8, 4) is 11.1 Å². The average molecular weight is 330 g/mol. The van der Waals surface area contributed by atoms with Crippen molar-refractivity contribution in [2.75, 3.05) is 11.9 Å². The molecule has 6 heteroatoms. The number of hydrogen-bond acceptors (Lipinski definition) is 5. The molecule has 3 aromatic heterocycles. The second-order valence-corrected chi connectivity index (χ2v) is 6.07. The minimum absolute atomic E-state index is 0.884. The van der Waals surface area contributed by atoms with Crippen LogP contribution in [0.2, 0.25) is 0 Å². The maximum Gasteiger partial charge on any atom is 0.134 e. The fraction of sp³-hybridized carbons (Fsp3) is 0.158. The maximum atomic E-state index is 4.55. The minimum atomic E-state index is 0.884. The summed E-state index contributed by atoms with van der Waals surface area (Å²) >= 11 is 0. The summed E-state index contributed by atoms with van der Waals surface area (Å²) in [7, 11) is 4.01. The van der Waals surface area contributed by atoms with Crippen molar-refractivity contribution in [3.63, 3.8) is 0 Å². The predicted octanol–water partition coefficient (Wildman–Crippen LogP) is 3.50. The lowest BCUT2D eigenvalue weighted by Gasteiger charge is -2.21. The van der Waals surface area contributed by atoms with Crippen molar-refractivity contribution in [2.45, 2.75) is 6.92 Å². The summed E-state index contributed by atoms with van der Waals surface area (Å²) in [6.07, 6.45) is 8.80. The molecule has 0 spiro atoms. The van der Waals surface area contributed by atoms with Crippen LogP contribution in [0.5, 0.6) is 0 Å². The van der Waals surface area contributed by atoms with Crippen LogP contribution in [0.3, 0.4) is 0 Å². The Labute approximate surface area is 145 Å². The van der Waals surface area contributed by atoms with Crippen LogP contribution in [0.1, 0.15) is 5.56 Å². The van der Waals surface area contributed by atoms with Gasteiger partial charge in [0.25, 0.3) is 0 Å². The molecule has 0 aliphatic rings. The van der Waals surface area contributed by atoms with E-state index in [9.17, 15) is 0 Å². The Bertz CT molecular complexity index is 1040. The van der Waals surface area contributed by atoms with E-state index in [4.69, 9.17) is 0 Å². The van der Waals surface area contributed by atoms with Gasteiger partial charge in [-0.2, -0.15) is 0 Å². The third-order valence-electron chi connectivity index (χ3n) is 4.39. The number of aromatic nitrogens is 5. The second kappa shape index (κ2) is 5.98. The molecule has 0 aliphatic heterocycles. The molecule has 0 saturated heterocycles. The van der Waals surface area contributed by atoms with Crippen molar-refractivity contribution in [1.82, 2.24) is 24.5 Å². The Morgan fingerprint density at radius 1 is 0.960 bits per heavy atom. The first-order chi connectivity index (χ1) is 12.1. The molecule has 4 aromatic rings. The highest BCUT2D eigenvalue weighted by Gasteiger charge is 2.11. The molecule has 4 rings (SSSR count). The highest BCUT2D eigenvalue weighted by molar-refractivity contribution is 5.79. The Kier molecular flexibility index (Phi) is 3.65. The van der Waals surface area contributed by atoms with Gasteiger partial charge >= 0.3 is 0 Å². The van der Waals surface area contributed by atoms with Crippen molar-refractivity contribution in [3.05, 3.63) is 61.1 Å². The van der Waals surface area contributed by atoms with Gasteiger partial charge in [-0.05, 0) is 30.2 Å². The monoisotopic (exact) mass is 330 g/mol. The Morgan fingerprint density at radius 2 is 1.76 bits per heavy atom. The summed E-state index contributed by atoms with van der Waals surface area (Å²) < 4.78 is 2.00. The number of anilines is 2. The lowest BCUT2D eigenvalue weighted by molar-refractivity contribution is 0.946. The van der Waals surface area contributed by atoms with Crippen LogP contribution in [0.15, 0.2) is 55.5 Å². The van der Waals surface area contributed by atoms with Gasteiger partial charge in [-0.1, -0.05) is 6.07 Å². The minimum Gasteiger partial charge on any atom is -0.334 e. The first-order valence-corrected chi connectivity index (χ1v) is 8.00. The van der Waals surface area contributed by atoms with Crippen molar-refractivity contribution >= 4 is 22.5 Å². The summed E-state index contributed by atoms with van der Waals surface area (Å²) in [6.45, 7) is 2.10. The first-order valence-electron chi connectivity index (χ1n) is 8.00. The second-order valence-electron chi connectivity index (χ2n) is 6.07. The number of hydrogen-bond donors (Lipinski definition) is 0. The van der Waals surface area contributed by atoms with E-state index in [2.05, 4.69) is 56.0 Å². The van der Waals surface area contributed by atoms with E-state index >= 15 is 0 Å². The number of pyridine rings is 1. The normalized spacial score (nSPS) is 11.0. The summed E-state index contributed by atoms with van der Waals surface area (Å²) in [6, 6.07) is 8.39. The van der Waals surface area contributed by atoms with Gasteiger partial charge in [-0.3, -0.25) is 0 Å². The fourth-order valence-corrected chi connectivity index (χ4v) is 2.99. The molecule has 0 atom stereocenters. The highest BCUT2D eigenvalue weighted by Crippen LogP contribution is 2.30. The number of imidazole rings is 1. The van der Waals surface area contributed by atoms with Crippen LogP contribution in [0, 0.1) is 6.92 Å². The Hall–Kier alpha value is -3.28. The molecule has 0 N–H and O–H groups in total. The quantitative estimate of drug-likeness (QED) is 0.575. The molecule has 0 fully saturated rings. The molecular weight excluding hydrogens is 312 g/mol. The van der Waals surface area contributed by atoms with E-state index in [0.29, 0.717) is 0 Å². The smallest absolute Gasteiger partial charge is 0.134 e. The van der Waals surface area contributed by atoms with Crippen LogP contribution < -0.4 is 4.90 Å². The van der Waals surface area contributed by atoms with Crippen molar-refractivity contribution in [1.29, 1.82) is 0 Å². The van der Waals surface area contributed by atoms with E-state index < -0.39 is 0 Å². The summed E-state index contributed by atoms with van der Waals surface area (Å²) in [5.74, 6) is 0.884. The SMILES string of the molecule is Cc1cc(-c2cncnc2)ccc1N(C)c1cc2c(cn1)ncn2C. The van der Waals surface area contributed by atoms with Crippen LogP contribution in [0.4, 0.5) is 11.5 Å². The van der Waals surface area contributed by atoms with Crippen molar-refractivity contribution in [2.24, 2.45) is 7.05 Å². The zero-order valence-electron chi connectivity index (χ0n) is 14.4. The van der Waals surface area contributed by atoms with Crippen LogP contribution >= 0.6 is 0 Å². The zero-order valence-corrected chi connectivity index (χ0v) is 14.4. The van der Waals surface area contributed by atoms with Gasteiger partial charge in [0.05, 0.1) is 18.0 Å². The van der Waals surface area contributed by atoms with E-state index in [0.717, 1.165) is 39.2 Å². The van der Waals surface area contributed by atoms with Crippen LogP contribution in [-0.2, 0) is 7.05 Å². The van der Waals surface area contributed by atoms with Gasteiger partial charge in [-0.25, -0.2) is 19.9 Å². The third-order valence-corrected chi connectivity index (χ3v) is 4.39. The standard InChI is InChI=1S/C19H18N6/c1-13-6-14(15-8-20-11-21-9-15)4-5-17(13)25(3)19-7-18-16(10-22-19)23-12-24(18)2/h4-12H,1-3H3. The Balaban J connectivity index is 1.71. The van der Waals surface area contributed by atoms with E-state index in [1.54, 1.807) is 12.7 Å². The number of nitrogens with zero attached hydrogens (tertiary/aromatic N) is 6. The average Bonchev–Trinajstić information content (AvgIpc) is 3.02. The zero-order chi connectivity index (χ0) is 17.4. The maximum absolute atomic E-state index is 4.55. The highest BCUT2D eigenvalue weighted by atomic mass is 15.2. The van der Waals surface area contributed by atoms with Crippen LogP contribution in [-0.4, -0.2) is 31.6 Å². The fourth-order valence-electron chi connectivity index (χ4n) is 2.99. The molecule has 0 radical (unpaired) electrons. The first kappa shape index (κ1) is 15.3. The number of fused-ring (bicyclic) bond motifs is 1. The third kappa shape index (κ3) is 2.71. The lowest BCUT2D eigenvalue weighted by Crippen LogP contribution is -2.12. The largest absolute Gasteiger partial charge is 0.334 e. The van der Waals surface area contributed by atoms with Gasteiger partial charge < -0.3 is 9.47 Å². The van der Waals surface area contributed by atoms with Crippen LogP contribution in [0.25, 0.3) is 22.2 Å². The molecule has 124 valence electrons. The van der Waals surface area contributed by atoms with E-state index in [-0.39, 0.29) is 0 Å². The van der Waals surface area contributed by atoms with Gasteiger partial charge in [0.15, 0.2) is 0 Å². The molecule has 6 nitrogen and oxygen atoms in total. The summed E-state index contributed by atoms with van der Waals surface area (Å²) in [5.41, 5.74) is 6.34. The van der Waals surface area contributed by atoms with E-state index in [1.165, 1.54) is 0 Å². The molecule has 0 bridgehead atoms. The molecule has 0 unspecified atom stereocenters. The molecule has 1 aromatic carbocycles. The Morgan fingerprint density at radius 3 is 2.52 bits per heavy atom. The van der Waals surface area contributed by atoms with Gasteiger partial charge in [-0.15, -0.1) is 0 Å². The number of rotatable bonds is 3.